The Hall–Kier alpha value is -3.08. The number of carbonyl (C=O) groups is 2. The molecule has 1 aromatic carbocycles. The Bertz CT molecular complexity index is 1030. The molecule has 0 unspecified atom stereocenters. The van der Waals surface area contributed by atoms with Crippen LogP contribution in [0.3, 0.4) is 0 Å². The molecule has 2 aromatic rings. The topological polar surface area (TPSA) is 79.1 Å². The van der Waals surface area contributed by atoms with Crippen LogP contribution in [0.4, 0.5) is 18.9 Å². The highest BCUT2D eigenvalue weighted by molar-refractivity contribution is 5.92. The summed E-state index contributed by atoms with van der Waals surface area (Å²) in [6, 6.07) is 5.36. The maximum atomic E-state index is 13.0. The highest BCUT2D eigenvalue weighted by atomic mass is 19.4. The third-order valence-electron chi connectivity index (χ3n) is 6.44. The zero-order chi connectivity index (χ0) is 25.0. The van der Waals surface area contributed by atoms with E-state index in [0.29, 0.717) is 76.8 Å². The predicted octanol–water partition coefficient (Wildman–Crippen LogP) is 3.43. The number of halogens is 3. The number of ether oxygens (including phenoxy) is 1. The second-order valence-electron chi connectivity index (χ2n) is 8.76. The molecule has 190 valence electrons. The van der Waals surface area contributed by atoms with E-state index in [4.69, 9.17) is 9.15 Å². The summed E-state index contributed by atoms with van der Waals surface area (Å²) in [6.07, 6.45) is -1.89. The van der Waals surface area contributed by atoms with Crippen molar-refractivity contribution in [2.45, 2.75) is 32.5 Å². The van der Waals surface area contributed by atoms with Gasteiger partial charge in [-0.25, -0.2) is 4.98 Å². The molecule has 0 radical (unpaired) electrons. The monoisotopic (exact) mass is 494 g/mol. The van der Waals surface area contributed by atoms with Gasteiger partial charge in [0.1, 0.15) is 6.26 Å². The maximum absolute atomic E-state index is 13.0. The van der Waals surface area contributed by atoms with Crippen molar-refractivity contribution in [3.05, 3.63) is 47.7 Å². The number of benzene rings is 1. The lowest BCUT2D eigenvalue weighted by Gasteiger charge is -2.35. The molecule has 8 nitrogen and oxygen atoms in total. The van der Waals surface area contributed by atoms with Crippen molar-refractivity contribution in [2.75, 3.05) is 50.8 Å². The first-order valence-corrected chi connectivity index (χ1v) is 11.8. The molecule has 3 heterocycles. The number of hydrogen-bond donors (Lipinski definition) is 0. The van der Waals surface area contributed by atoms with Gasteiger partial charge in [0.05, 0.1) is 24.6 Å². The van der Waals surface area contributed by atoms with E-state index in [-0.39, 0.29) is 23.5 Å². The van der Waals surface area contributed by atoms with Crippen LogP contribution in [0.2, 0.25) is 0 Å². The molecule has 2 fully saturated rings. The second kappa shape index (κ2) is 10.7. The SMILES string of the molecule is CCOC(=O)C1CCN(C(=O)c2coc(CN3CCN(c4cccc(C(F)(F)F)c4)CC3)n2)CC1. The lowest BCUT2D eigenvalue weighted by Crippen LogP contribution is -2.46. The van der Waals surface area contributed by atoms with Crippen molar-refractivity contribution in [2.24, 2.45) is 5.92 Å². The van der Waals surface area contributed by atoms with Crippen LogP contribution in [0, 0.1) is 5.92 Å². The van der Waals surface area contributed by atoms with Crippen LogP contribution in [0.1, 0.15) is 41.7 Å². The highest BCUT2D eigenvalue weighted by Crippen LogP contribution is 2.32. The maximum Gasteiger partial charge on any atom is 0.416 e. The van der Waals surface area contributed by atoms with Crippen LogP contribution < -0.4 is 4.90 Å². The summed E-state index contributed by atoms with van der Waals surface area (Å²) in [4.78, 5) is 34.7. The Morgan fingerprint density at radius 2 is 1.83 bits per heavy atom. The minimum Gasteiger partial charge on any atom is -0.466 e. The Morgan fingerprint density at radius 3 is 2.49 bits per heavy atom. The fourth-order valence-corrected chi connectivity index (χ4v) is 4.46. The van der Waals surface area contributed by atoms with Gasteiger partial charge in [0.2, 0.25) is 5.89 Å². The number of rotatable bonds is 6. The van der Waals surface area contributed by atoms with Gasteiger partial charge < -0.3 is 19.0 Å². The van der Waals surface area contributed by atoms with E-state index in [0.717, 1.165) is 6.07 Å². The summed E-state index contributed by atoms with van der Waals surface area (Å²) in [7, 11) is 0. The van der Waals surface area contributed by atoms with Gasteiger partial charge in [-0.3, -0.25) is 14.5 Å². The van der Waals surface area contributed by atoms with Gasteiger partial charge >= 0.3 is 12.1 Å². The Balaban J connectivity index is 1.26. The zero-order valence-electron chi connectivity index (χ0n) is 19.6. The number of hydrogen-bond acceptors (Lipinski definition) is 7. The summed E-state index contributed by atoms with van der Waals surface area (Å²) in [5, 5.41) is 0. The van der Waals surface area contributed by atoms with Gasteiger partial charge in [0.25, 0.3) is 5.91 Å². The highest BCUT2D eigenvalue weighted by Gasteiger charge is 2.32. The second-order valence-corrected chi connectivity index (χ2v) is 8.76. The van der Waals surface area contributed by atoms with E-state index in [1.807, 2.05) is 4.90 Å². The van der Waals surface area contributed by atoms with Gasteiger partial charge in [-0.2, -0.15) is 13.2 Å². The molecule has 2 aliphatic rings. The molecule has 11 heteroatoms. The normalized spacial score (nSPS) is 18.1. The standard InChI is InChI=1S/C24H29F3N4O4/c1-2-34-23(33)17-6-8-31(9-7-17)22(32)20-16-35-21(28-20)15-29-10-12-30(13-11-29)19-5-3-4-18(14-19)24(25,26)27/h3-5,14,16-17H,2,6-13,15H2,1H3. The summed E-state index contributed by atoms with van der Waals surface area (Å²) in [5.41, 5.74) is 0.131. The number of aromatic nitrogens is 1. The van der Waals surface area contributed by atoms with Crippen LogP contribution in [-0.2, 0) is 22.3 Å². The molecule has 0 N–H and O–H groups in total. The third-order valence-corrected chi connectivity index (χ3v) is 6.44. The van der Waals surface area contributed by atoms with Crippen molar-refractivity contribution < 1.29 is 31.9 Å². The van der Waals surface area contributed by atoms with E-state index in [1.54, 1.807) is 17.9 Å². The van der Waals surface area contributed by atoms with Gasteiger partial charge in [0, 0.05) is 45.0 Å². The molecule has 35 heavy (non-hydrogen) atoms. The van der Waals surface area contributed by atoms with Crippen molar-refractivity contribution in [3.8, 4) is 0 Å². The molecule has 1 amide bonds. The van der Waals surface area contributed by atoms with Crippen molar-refractivity contribution >= 4 is 17.6 Å². The molecule has 2 aliphatic heterocycles. The fraction of sp³-hybridized carbons (Fsp3) is 0.542. The summed E-state index contributed by atoms with van der Waals surface area (Å²) in [5.74, 6) is -0.197. The quantitative estimate of drug-likeness (QED) is 0.570. The number of alkyl halides is 3. The molecular weight excluding hydrogens is 465 g/mol. The number of piperidine rings is 1. The van der Waals surface area contributed by atoms with Crippen LogP contribution in [0.25, 0.3) is 0 Å². The predicted molar refractivity (Wildman–Crippen MR) is 121 cm³/mol. The van der Waals surface area contributed by atoms with E-state index in [2.05, 4.69) is 9.88 Å². The number of carbonyl (C=O) groups excluding carboxylic acids is 2. The minimum atomic E-state index is -4.37. The lowest BCUT2D eigenvalue weighted by molar-refractivity contribution is -0.149. The number of anilines is 1. The number of esters is 1. The number of amides is 1. The number of nitrogens with zero attached hydrogens (tertiary/aromatic N) is 4. The Labute approximate surface area is 201 Å². The summed E-state index contributed by atoms with van der Waals surface area (Å²) >= 11 is 0. The van der Waals surface area contributed by atoms with E-state index >= 15 is 0 Å². The van der Waals surface area contributed by atoms with Gasteiger partial charge in [-0.05, 0) is 38.0 Å². The molecular formula is C24H29F3N4O4. The first kappa shape index (κ1) is 25.0. The van der Waals surface area contributed by atoms with Gasteiger partial charge in [0.15, 0.2) is 5.69 Å². The summed E-state index contributed by atoms with van der Waals surface area (Å²) < 4.78 is 49.6. The summed E-state index contributed by atoms with van der Waals surface area (Å²) in [6.45, 7) is 5.85. The zero-order valence-corrected chi connectivity index (χ0v) is 19.6. The smallest absolute Gasteiger partial charge is 0.416 e. The van der Waals surface area contributed by atoms with Gasteiger partial charge in [-0.1, -0.05) is 6.07 Å². The molecule has 0 aliphatic carbocycles. The molecule has 2 saturated heterocycles. The van der Waals surface area contributed by atoms with Crippen molar-refractivity contribution in [3.63, 3.8) is 0 Å². The van der Waals surface area contributed by atoms with E-state index in [1.165, 1.54) is 18.4 Å². The lowest BCUT2D eigenvalue weighted by atomic mass is 9.97. The molecule has 0 bridgehead atoms. The molecule has 0 saturated carbocycles. The van der Waals surface area contributed by atoms with Gasteiger partial charge in [-0.15, -0.1) is 0 Å². The molecule has 1 aromatic heterocycles. The first-order valence-electron chi connectivity index (χ1n) is 11.8. The fourth-order valence-electron chi connectivity index (χ4n) is 4.46. The van der Waals surface area contributed by atoms with Crippen LogP contribution in [-0.4, -0.2) is 72.5 Å². The number of oxazole rings is 1. The first-order chi connectivity index (χ1) is 16.7. The van der Waals surface area contributed by atoms with Crippen molar-refractivity contribution in [1.82, 2.24) is 14.8 Å². The number of likely N-dealkylation sites (tertiary alicyclic amines) is 1. The minimum absolute atomic E-state index is 0.179. The Morgan fingerprint density at radius 1 is 1.11 bits per heavy atom. The van der Waals surface area contributed by atoms with Crippen LogP contribution in [0.5, 0.6) is 0 Å². The van der Waals surface area contributed by atoms with Crippen LogP contribution in [0.15, 0.2) is 34.9 Å². The Kier molecular flexibility index (Phi) is 7.63. The molecule has 0 spiro atoms. The third kappa shape index (κ3) is 6.14. The number of piperazine rings is 1. The van der Waals surface area contributed by atoms with Crippen molar-refractivity contribution in [1.29, 1.82) is 0 Å². The molecule has 4 rings (SSSR count). The van der Waals surface area contributed by atoms with E-state index in [9.17, 15) is 22.8 Å². The van der Waals surface area contributed by atoms with E-state index < -0.39 is 11.7 Å². The van der Waals surface area contributed by atoms with Crippen LogP contribution >= 0.6 is 0 Å². The molecule has 0 atom stereocenters. The largest absolute Gasteiger partial charge is 0.466 e. The average Bonchev–Trinajstić information content (AvgIpc) is 3.32. The average molecular weight is 495 g/mol.